The van der Waals surface area contributed by atoms with E-state index in [-0.39, 0.29) is 5.78 Å². The predicted octanol–water partition coefficient (Wildman–Crippen LogP) is 4.16. The maximum atomic E-state index is 12.6. The first-order valence-corrected chi connectivity index (χ1v) is 6.19. The monoisotopic (exact) mass is 238 g/mol. The van der Waals surface area contributed by atoms with E-state index in [1.165, 1.54) is 5.56 Å². The van der Waals surface area contributed by atoms with Crippen LogP contribution in [0, 0.1) is 6.92 Å². The molecule has 0 amide bonds. The number of ketones is 1. The summed E-state index contributed by atoms with van der Waals surface area (Å²) in [5, 5.41) is 0. The molecular formula is C17H18O. The third-order valence-corrected chi connectivity index (χ3v) is 3.38. The fraction of sp³-hybridized carbons (Fsp3) is 0.235. The van der Waals surface area contributed by atoms with Gasteiger partial charge in [-0.1, -0.05) is 60.2 Å². The fourth-order valence-corrected chi connectivity index (χ4v) is 2.05. The molecular weight excluding hydrogens is 220 g/mol. The SMILES string of the molecule is Cc1ccc(C(C)(C)C(=O)c2ccccc2)cc1. The second kappa shape index (κ2) is 4.77. The van der Waals surface area contributed by atoms with Crippen LogP contribution in [0.3, 0.4) is 0 Å². The molecule has 0 unspecified atom stereocenters. The molecule has 2 rings (SSSR count). The molecule has 0 heterocycles. The van der Waals surface area contributed by atoms with Crippen molar-refractivity contribution in [2.45, 2.75) is 26.2 Å². The smallest absolute Gasteiger partial charge is 0.172 e. The molecule has 0 saturated heterocycles. The average Bonchev–Trinajstić information content (AvgIpc) is 2.39. The standard InChI is InChI=1S/C17H18O/c1-13-9-11-15(12-10-13)17(2,3)16(18)14-7-5-4-6-8-14/h4-12H,1-3H3. The second-order valence-electron chi connectivity index (χ2n) is 5.19. The first kappa shape index (κ1) is 12.6. The summed E-state index contributed by atoms with van der Waals surface area (Å²) in [5.41, 5.74) is 2.54. The summed E-state index contributed by atoms with van der Waals surface area (Å²) in [5.74, 6) is 0.159. The Balaban J connectivity index is 2.37. The molecule has 1 nitrogen and oxygen atoms in total. The third kappa shape index (κ3) is 2.35. The van der Waals surface area contributed by atoms with Gasteiger partial charge in [-0.2, -0.15) is 0 Å². The molecule has 0 radical (unpaired) electrons. The fourth-order valence-electron chi connectivity index (χ4n) is 2.05. The van der Waals surface area contributed by atoms with Crippen molar-refractivity contribution in [2.24, 2.45) is 0 Å². The van der Waals surface area contributed by atoms with E-state index in [4.69, 9.17) is 0 Å². The minimum atomic E-state index is -0.491. The summed E-state index contributed by atoms with van der Waals surface area (Å²) in [7, 11) is 0. The largest absolute Gasteiger partial charge is 0.293 e. The number of carbonyl (C=O) groups is 1. The molecule has 0 aliphatic carbocycles. The number of hydrogen-bond donors (Lipinski definition) is 0. The summed E-state index contributed by atoms with van der Waals surface area (Å²) in [6.45, 7) is 6.01. The highest BCUT2D eigenvalue weighted by atomic mass is 16.1. The number of hydrogen-bond acceptors (Lipinski definition) is 1. The van der Waals surface area contributed by atoms with Gasteiger partial charge < -0.3 is 0 Å². The normalized spacial score (nSPS) is 11.3. The highest BCUT2D eigenvalue weighted by molar-refractivity contribution is 6.03. The van der Waals surface area contributed by atoms with E-state index in [9.17, 15) is 4.79 Å². The number of aryl methyl sites for hydroxylation is 1. The molecule has 0 fully saturated rings. The summed E-state index contributed by atoms with van der Waals surface area (Å²) < 4.78 is 0. The topological polar surface area (TPSA) is 17.1 Å². The molecule has 0 aliphatic rings. The lowest BCUT2D eigenvalue weighted by atomic mass is 9.78. The Labute approximate surface area is 108 Å². The molecule has 92 valence electrons. The first-order chi connectivity index (χ1) is 8.51. The van der Waals surface area contributed by atoms with Crippen LogP contribution in [-0.4, -0.2) is 5.78 Å². The molecule has 18 heavy (non-hydrogen) atoms. The van der Waals surface area contributed by atoms with Crippen LogP contribution in [0.1, 0.15) is 35.3 Å². The maximum Gasteiger partial charge on any atom is 0.172 e. The number of carbonyl (C=O) groups excluding carboxylic acids is 1. The van der Waals surface area contributed by atoms with E-state index in [1.54, 1.807) is 0 Å². The quantitative estimate of drug-likeness (QED) is 0.734. The van der Waals surface area contributed by atoms with Crippen LogP contribution in [0.15, 0.2) is 54.6 Å². The Kier molecular flexibility index (Phi) is 3.33. The van der Waals surface area contributed by atoms with Crippen LogP contribution in [0.4, 0.5) is 0 Å². The van der Waals surface area contributed by atoms with Crippen LogP contribution >= 0.6 is 0 Å². The molecule has 1 heteroatoms. The van der Waals surface area contributed by atoms with Gasteiger partial charge in [-0.05, 0) is 26.3 Å². The van der Waals surface area contributed by atoms with Gasteiger partial charge in [0.2, 0.25) is 0 Å². The highest BCUT2D eigenvalue weighted by Crippen LogP contribution is 2.27. The van der Waals surface area contributed by atoms with Crippen molar-refractivity contribution in [1.29, 1.82) is 0 Å². The Hall–Kier alpha value is -1.89. The molecule has 2 aromatic carbocycles. The van der Waals surface area contributed by atoms with E-state index in [2.05, 4.69) is 19.1 Å². The summed E-state index contributed by atoms with van der Waals surface area (Å²) in [6.07, 6.45) is 0. The van der Waals surface area contributed by atoms with Gasteiger partial charge >= 0.3 is 0 Å². The minimum Gasteiger partial charge on any atom is -0.293 e. The minimum absolute atomic E-state index is 0.159. The Morgan fingerprint density at radius 1 is 0.889 bits per heavy atom. The Bertz CT molecular complexity index is 536. The number of Topliss-reactive ketones (excluding diaryl/α,β-unsaturated/α-hetero) is 1. The van der Waals surface area contributed by atoms with E-state index in [0.29, 0.717) is 0 Å². The molecule has 0 N–H and O–H groups in total. The summed E-state index contributed by atoms with van der Waals surface area (Å²) >= 11 is 0. The van der Waals surface area contributed by atoms with Gasteiger partial charge in [0.05, 0.1) is 5.41 Å². The number of rotatable bonds is 3. The summed E-state index contributed by atoms with van der Waals surface area (Å²) in [6, 6.07) is 17.7. The van der Waals surface area contributed by atoms with Gasteiger partial charge in [0, 0.05) is 5.56 Å². The lowest BCUT2D eigenvalue weighted by molar-refractivity contribution is 0.0908. The van der Waals surface area contributed by atoms with Gasteiger partial charge in [-0.3, -0.25) is 4.79 Å². The lowest BCUT2D eigenvalue weighted by Crippen LogP contribution is -2.29. The zero-order valence-electron chi connectivity index (χ0n) is 11.1. The number of benzene rings is 2. The van der Waals surface area contributed by atoms with Crippen LogP contribution in [0.25, 0.3) is 0 Å². The lowest BCUT2D eigenvalue weighted by Gasteiger charge is -2.24. The van der Waals surface area contributed by atoms with Crippen molar-refractivity contribution in [2.75, 3.05) is 0 Å². The molecule has 0 saturated carbocycles. The van der Waals surface area contributed by atoms with Gasteiger partial charge in [-0.15, -0.1) is 0 Å². The van der Waals surface area contributed by atoms with Crippen LogP contribution in [0.2, 0.25) is 0 Å². The third-order valence-electron chi connectivity index (χ3n) is 3.38. The van der Waals surface area contributed by atoms with Crippen LogP contribution < -0.4 is 0 Å². The van der Waals surface area contributed by atoms with Crippen molar-refractivity contribution in [3.8, 4) is 0 Å². The van der Waals surface area contributed by atoms with Gasteiger partial charge in [0.15, 0.2) is 5.78 Å². The molecule has 0 aromatic heterocycles. The van der Waals surface area contributed by atoms with Crippen molar-refractivity contribution in [3.63, 3.8) is 0 Å². The van der Waals surface area contributed by atoms with Crippen molar-refractivity contribution in [1.82, 2.24) is 0 Å². The van der Waals surface area contributed by atoms with E-state index in [0.717, 1.165) is 11.1 Å². The Morgan fingerprint density at radius 2 is 1.44 bits per heavy atom. The zero-order valence-corrected chi connectivity index (χ0v) is 11.1. The second-order valence-corrected chi connectivity index (χ2v) is 5.19. The van der Waals surface area contributed by atoms with Crippen molar-refractivity contribution >= 4 is 5.78 Å². The molecule has 0 aliphatic heterocycles. The van der Waals surface area contributed by atoms with Crippen molar-refractivity contribution < 1.29 is 4.79 Å². The average molecular weight is 238 g/mol. The first-order valence-electron chi connectivity index (χ1n) is 6.19. The maximum absolute atomic E-state index is 12.6. The van der Waals surface area contributed by atoms with Crippen LogP contribution in [-0.2, 0) is 5.41 Å². The van der Waals surface area contributed by atoms with Crippen LogP contribution in [0.5, 0.6) is 0 Å². The molecule has 2 aromatic rings. The van der Waals surface area contributed by atoms with Gasteiger partial charge in [0.25, 0.3) is 0 Å². The van der Waals surface area contributed by atoms with Crippen molar-refractivity contribution in [3.05, 3.63) is 71.3 Å². The Morgan fingerprint density at radius 3 is 2.00 bits per heavy atom. The highest BCUT2D eigenvalue weighted by Gasteiger charge is 2.30. The van der Waals surface area contributed by atoms with E-state index in [1.807, 2.05) is 56.3 Å². The predicted molar refractivity (Wildman–Crippen MR) is 75.0 cm³/mol. The van der Waals surface area contributed by atoms with Gasteiger partial charge in [-0.25, -0.2) is 0 Å². The molecule has 0 spiro atoms. The van der Waals surface area contributed by atoms with E-state index >= 15 is 0 Å². The molecule has 0 bridgehead atoms. The molecule has 0 atom stereocenters. The van der Waals surface area contributed by atoms with E-state index < -0.39 is 5.41 Å². The van der Waals surface area contributed by atoms with Gasteiger partial charge in [0.1, 0.15) is 0 Å². The zero-order chi connectivity index (χ0) is 13.2. The summed E-state index contributed by atoms with van der Waals surface area (Å²) in [4.78, 5) is 12.6.